The summed E-state index contributed by atoms with van der Waals surface area (Å²) in [4.78, 5) is 74.3. The van der Waals surface area contributed by atoms with Crippen LogP contribution in [0.25, 0.3) is 0 Å². The molecule has 8 heterocycles. The number of anilines is 2. The van der Waals surface area contributed by atoms with Crippen molar-refractivity contribution in [3.8, 4) is 0 Å². The van der Waals surface area contributed by atoms with Gasteiger partial charge >= 0.3 is 11.9 Å². The number of carboxylic acid groups (broad SMARTS) is 1. The highest BCUT2D eigenvalue weighted by molar-refractivity contribution is 5.80. The topological polar surface area (TPSA) is 204 Å². The number of ether oxygens (including phenoxy) is 1. The number of carboxylic acids is 1. The van der Waals surface area contributed by atoms with E-state index in [2.05, 4.69) is 48.3 Å². The van der Waals surface area contributed by atoms with Gasteiger partial charge in [-0.3, -0.25) is 34.2 Å². The second-order valence-electron chi connectivity index (χ2n) is 17.4. The van der Waals surface area contributed by atoms with E-state index in [1.165, 1.54) is 5.56 Å². The summed E-state index contributed by atoms with van der Waals surface area (Å²) in [5, 5.41) is 22.9. The summed E-state index contributed by atoms with van der Waals surface area (Å²) >= 11 is 0. The van der Waals surface area contributed by atoms with Gasteiger partial charge in [-0.05, 0) is 111 Å². The number of pyridine rings is 4. The van der Waals surface area contributed by atoms with Gasteiger partial charge in [0.05, 0.1) is 6.54 Å². The van der Waals surface area contributed by atoms with Crippen LogP contribution in [0.2, 0.25) is 0 Å². The monoisotopic (exact) mass is 872 g/mol. The van der Waals surface area contributed by atoms with Crippen molar-refractivity contribution in [1.29, 1.82) is 0 Å². The van der Waals surface area contributed by atoms with Crippen molar-refractivity contribution in [2.75, 3.05) is 63.0 Å². The molecule has 4 aliphatic rings. The lowest BCUT2D eigenvalue weighted by atomic mass is 9.93. The van der Waals surface area contributed by atoms with Crippen LogP contribution in [-0.4, -0.2) is 117 Å². The number of carbonyl (C=O) groups is 4. The molecule has 0 saturated carbocycles. The van der Waals surface area contributed by atoms with Crippen LogP contribution in [0.4, 0.5) is 11.6 Å². The highest BCUT2D eigenvalue weighted by atomic mass is 16.5. The number of fused-ring (bicyclic) bond motifs is 2. The fraction of sp³-hybridized carbons (Fsp3) is 0.500. The maximum atomic E-state index is 14.0. The number of aromatic nitrogens is 4. The Labute approximate surface area is 374 Å². The molecule has 5 N–H and O–H groups in total. The molecule has 8 rings (SSSR count). The van der Waals surface area contributed by atoms with Crippen molar-refractivity contribution in [2.24, 2.45) is 11.8 Å². The molecule has 16 nitrogen and oxygen atoms in total. The van der Waals surface area contributed by atoms with Gasteiger partial charge < -0.3 is 31.1 Å². The fourth-order valence-corrected chi connectivity index (χ4v) is 9.51. The number of piperidine rings is 2. The van der Waals surface area contributed by atoms with E-state index in [4.69, 9.17) is 14.7 Å². The first-order valence-electron chi connectivity index (χ1n) is 23.0. The molecular formula is C48H60N10O6. The third-order valence-electron chi connectivity index (χ3n) is 13.0. The van der Waals surface area contributed by atoms with Gasteiger partial charge in [0.1, 0.15) is 29.8 Å². The van der Waals surface area contributed by atoms with E-state index in [0.717, 1.165) is 72.8 Å². The summed E-state index contributed by atoms with van der Waals surface area (Å²) in [6.07, 6.45) is 14.5. The van der Waals surface area contributed by atoms with Gasteiger partial charge in [-0.25, -0.2) is 14.8 Å². The lowest BCUT2D eigenvalue weighted by Crippen LogP contribution is -2.45. The number of nitrogens with one attached hydrogen (secondary N) is 4. The van der Waals surface area contributed by atoms with E-state index in [1.807, 2.05) is 29.2 Å². The molecule has 2 amide bonds. The normalized spacial score (nSPS) is 19.2. The first-order chi connectivity index (χ1) is 31.3. The summed E-state index contributed by atoms with van der Waals surface area (Å²) in [6.45, 7) is 4.73. The zero-order chi connectivity index (χ0) is 44.3. The number of hydrogen-bond acceptors (Lipinski definition) is 13. The Kier molecular flexibility index (Phi) is 15.0. The summed E-state index contributed by atoms with van der Waals surface area (Å²) < 4.78 is 6.20. The summed E-state index contributed by atoms with van der Waals surface area (Å²) in [7, 11) is 0. The first kappa shape index (κ1) is 44.6. The third kappa shape index (κ3) is 11.4. The average molecular weight is 873 g/mol. The predicted octanol–water partition coefficient (Wildman–Crippen LogP) is 4.29. The SMILES string of the molecule is O=C(NCCCc1ccc2c(n1)NCC(OC(=O)C(c1cccnc1)N1CCC(C(=O)NCCCc3ccc4c(n3)NCCC4)CC1)C2)C1CCN(C(C(=O)O)c2cccnc2)CC1. The van der Waals surface area contributed by atoms with Crippen molar-refractivity contribution in [1.82, 2.24) is 40.4 Å². The zero-order valence-corrected chi connectivity index (χ0v) is 36.4. The highest BCUT2D eigenvalue weighted by Crippen LogP contribution is 2.31. The number of carbonyl (C=O) groups excluding carboxylic acids is 3. The maximum absolute atomic E-state index is 14.0. The van der Waals surface area contributed by atoms with Crippen LogP contribution in [0.3, 0.4) is 0 Å². The lowest BCUT2D eigenvalue weighted by Gasteiger charge is -2.37. The molecule has 4 aromatic heterocycles. The largest absolute Gasteiger partial charge is 0.480 e. The second kappa shape index (κ2) is 21.6. The molecular weight excluding hydrogens is 813 g/mol. The van der Waals surface area contributed by atoms with E-state index < -0.39 is 18.1 Å². The summed E-state index contributed by atoms with van der Waals surface area (Å²) in [6, 6.07) is 14.1. The van der Waals surface area contributed by atoms with Gasteiger partial charge in [0.25, 0.3) is 0 Å². The molecule has 16 heteroatoms. The van der Waals surface area contributed by atoms with Crippen LogP contribution in [0.1, 0.15) is 90.7 Å². The van der Waals surface area contributed by atoms with E-state index >= 15 is 0 Å². The number of aryl methyl sites for hydroxylation is 3. The number of aliphatic carboxylic acids is 1. The van der Waals surface area contributed by atoms with Crippen LogP contribution >= 0.6 is 0 Å². The third-order valence-corrected chi connectivity index (χ3v) is 13.0. The quantitative estimate of drug-likeness (QED) is 0.0743. The molecule has 2 saturated heterocycles. The van der Waals surface area contributed by atoms with E-state index in [-0.39, 0.29) is 35.7 Å². The number of nitrogens with zero attached hydrogens (tertiary/aromatic N) is 6. The van der Waals surface area contributed by atoms with Crippen molar-refractivity contribution < 1.29 is 29.0 Å². The minimum atomic E-state index is -0.915. The number of esters is 1. The molecule has 0 radical (unpaired) electrons. The van der Waals surface area contributed by atoms with E-state index in [0.29, 0.717) is 89.9 Å². The smallest absolute Gasteiger partial charge is 0.328 e. The Balaban J connectivity index is 0.756. The van der Waals surface area contributed by atoms with Crippen LogP contribution in [0.15, 0.2) is 73.3 Å². The minimum absolute atomic E-state index is 0.00524. The first-order valence-corrected chi connectivity index (χ1v) is 23.0. The lowest BCUT2D eigenvalue weighted by molar-refractivity contribution is -0.156. The Morgan fingerprint density at radius 2 is 1.27 bits per heavy atom. The molecule has 4 aliphatic heterocycles. The zero-order valence-electron chi connectivity index (χ0n) is 36.4. The summed E-state index contributed by atoms with van der Waals surface area (Å²) in [5.41, 5.74) is 5.61. The standard InChI is InChI=1S/C48H60N10O6/c59-45(33-15-24-57(25-16-33)41(47(61)62)36-7-1-19-49-29-36)52-23-5-10-39-14-12-35-28-40(31-54-44(35)56-39)64-48(63)42(37-8-2-20-50-30-37)58-26-17-34(18-27-58)46(60)53-22-4-9-38-13-11-32-6-3-21-51-43(32)55-38/h1-2,7-8,11-14,19-20,29-30,33-34,40-42H,3-6,9-10,15-18,21-28,31H2,(H,51,55)(H,52,59)(H,53,60)(H,54,56)(H,61,62). The fourth-order valence-electron chi connectivity index (χ4n) is 9.51. The van der Waals surface area contributed by atoms with Crippen LogP contribution in [0, 0.1) is 11.8 Å². The van der Waals surface area contributed by atoms with Gasteiger partial charge in [-0.1, -0.05) is 24.3 Å². The molecule has 3 unspecified atom stereocenters. The van der Waals surface area contributed by atoms with E-state index in [9.17, 15) is 24.3 Å². The molecule has 64 heavy (non-hydrogen) atoms. The Bertz CT molecular complexity index is 2220. The highest BCUT2D eigenvalue weighted by Gasteiger charge is 2.37. The molecule has 0 bridgehead atoms. The number of likely N-dealkylation sites (tertiary alicyclic amines) is 2. The Hall–Kier alpha value is -6.00. The molecule has 2 fully saturated rings. The van der Waals surface area contributed by atoms with Gasteiger partial charge in [0, 0.05) is 100 Å². The van der Waals surface area contributed by atoms with Gasteiger partial charge in [-0.2, -0.15) is 0 Å². The minimum Gasteiger partial charge on any atom is -0.480 e. The molecule has 338 valence electrons. The van der Waals surface area contributed by atoms with Gasteiger partial charge in [0.15, 0.2) is 0 Å². The predicted molar refractivity (Wildman–Crippen MR) is 240 cm³/mol. The van der Waals surface area contributed by atoms with Crippen molar-refractivity contribution in [3.05, 3.63) is 107 Å². The molecule has 3 atom stereocenters. The Morgan fingerprint density at radius 3 is 1.83 bits per heavy atom. The molecule has 4 aromatic rings. The van der Waals surface area contributed by atoms with Crippen molar-refractivity contribution >= 4 is 35.4 Å². The summed E-state index contributed by atoms with van der Waals surface area (Å²) in [5.74, 6) is 0.339. The maximum Gasteiger partial charge on any atom is 0.328 e. The Morgan fingerprint density at radius 1 is 0.719 bits per heavy atom. The second-order valence-corrected chi connectivity index (χ2v) is 17.4. The van der Waals surface area contributed by atoms with Crippen molar-refractivity contribution in [3.63, 3.8) is 0 Å². The average Bonchev–Trinajstić information content (AvgIpc) is 3.32. The van der Waals surface area contributed by atoms with E-state index in [1.54, 1.807) is 36.9 Å². The molecule has 0 aromatic carbocycles. The van der Waals surface area contributed by atoms with Gasteiger partial charge in [-0.15, -0.1) is 0 Å². The van der Waals surface area contributed by atoms with Crippen molar-refractivity contribution in [2.45, 2.75) is 88.8 Å². The van der Waals surface area contributed by atoms with Crippen LogP contribution < -0.4 is 21.3 Å². The number of amides is 2. The van der Waals surface area contributed by atoms with Gasteiger partial charge in [0.2, 0.25) is 11.8 Å². The number of hydrogen-bond donors (Lipinski definition) is 5. The van der Waals surface area contributed by atoms with Crippen LogP contribution in [-0.2, 0) is 49.6 Å². The molecule has 0 aliphatic carbocycles. The molecule has 0 spiro atoms. The van der Waals surface area contributed by atoms with Crippen LogP contribution in [0.5, 0.6) is 0 Å². The number of rotatable bonds is 17.